The molecule has 0 aliphatic rings. The minimum Gasteiger partial charge on any atom is -0.497 e. The van der Waals surface area contributed by atoms with Crippen LogP contribution in [0.4, 0.5) is 0 Å². The van der Waals surface area contributed by atoms with Crippen molar-refractivity contribution in [1.29, 1.82) is 0 Å². The van der Waals surface area contributed by atoms with Gasteiger partial charge < -0.3 is 39.4 Å². The highest BCUT2D eigenvalue weighted by molar-refractivity contribution is 5.51. The third kappa shape index (κ3) is 9.62. The molecule has 4 N–H and O–H groups in total. The first-order chi connectivity index (χ1) is 24.9. The van der Waals surface area contributed by atoms with E-state index in [1.807, 2.05) is 146 Å². The molecule has 8 nitrogen and oxygen atoms in total. The number of aliphatic hydroxyl groups excluding tert-OH is 1. The van der Waals surface area contributed by atoms with Crippen molar-refractivity contribution >= 4 is 0 Å². The van der Waals surface area contributed by atoms with E-state index in [1.165, 1.54) is 0 Å². The van der Waals surface area contributed by atoms with Gasteiger partial charge in [-0.1, -0.05) is 117 Å². The van der Waals surface area contributed by atoms with Gasteiger partial charge in [-0.2, -0.15) is 0 Å². The van der Waals surface area contributed by atoms with Crippen LogP contribution in [0, 0.1) is 0 Å². The van der Waals surface area contributed by atoms with E-state index in [-0.39, 0.29) is 14.3 Å². The van der Waals surface area contributed by atoms with Gasteiger partial charge in [0.2, 0.25) is 0 Å². The van der Waals surface area contributed by atoms with E-state index in [2.05, 4.69) is 12.1 Å². The molecule has 0 aromatic heterocycles. The second-order valence-corrected chi connectivity index (χ2v) is 11.2. The van der Waals surface area contributed by atoms with Crippen molar-refractivity contribution in [2.24, 2.45) is 0 Å². The average Bonchev–Trinajstić information content (AvgIpc) is 3.23. The molecule has 8 heteroatoms. The van der Waals surface area contributed by atoms with Crippen molar-refractivity contribution in [1.82, 2.24) is 0 Å². The van der Waals surface area contributed by atoms with Crippen LogP contribution in [0.2, 0.25) is 0 Å². The molecule has 0 unspecified atom stereocenters. The maximum Gasteiger partial charge on any atom is 1.00 e. The van der Waals surface area contributed by atoms with Gasteiger partial charge in [0, 0.05) is 14.2 Å². The Morgan fingerprint density at radius 2 is 0.604 bits per heavy atom. The first-order valence-corrected chi connectivity index (χ1v) is 16.3. The van der Waals surface area contributed by atoms with E-state index in [0.717, 1.165) is 63.5 Å². The molecule has 6 rings (SSSR count). The SMILES string of the molecule is C.CO.COc1ccc(C(O)(c2ccccc2)c2ccc(OC)cc2)cc1.COc1ccc(C(OC)(c2ccccc2)c2ccc(OC)cc2)cc1.O.[H+]. The van der Waals surface area contributed by atoms with Crippen molar-refractivity contribution in [2.75, 3.05) is 42.7 Å². The lowest BCUT2D eigenvalue weighted by atomic mass is 9.80. The Hall–Kier alpha value is -5.64. The normalized spacial score (nSPS) is 10.4. The van der Waals surface area contributed by atoms with Crippen LogP contribution >= 0.6 is 0 Å². The molecule has 0 heterocycles. The van der Waals surface area contributed by atoms with Crippen LogP contribution in [0.1, 0.15) is 42.2 Å². The Labute approximate surface area is 315 Å². The van der Waals surface area contributed by atoms with Crippen LogP contribution in [0.5, 0.6) is 23.0 Å². The Morgan fingerprint density at radius 1 is 0.377 bits per heavy atom. The molecule has 0 aliphatic carbocycles. The summed E-state index contributed by atoms with van der Waals surface area (Å²) in [6.45, 7) is 0. The molecule has 0 saturated heterocycles. The third-order valence-electron chi connectivity index (χ3n) is 8.69. The van der Waals surface area contributed by atoms with Gasteiger partial charge in [-0.15, -0.1) is 0 Å². The van der Waals surface area contributed by atoms with Crippen LogP contribution in [0.3, 0.4) is 0 Å². The molecular formula is C45H53O8+. The monoisotopic (exact) mass is 721 g/mol. The van der Waals surface area contributed by atoms with Crippen molar-refractivity contribution in [3.8, 4) is 23.0 Å². The molecule has 6 aromatic carbocycles. The van der Waals surface area contributed by atoms with Crippen molar-refractivity contribution < 1.29 is 40.8 Å². The van der Waals surface area contributed by atoms with Crippen LogP contribution < -0.4 is 18.9 Å². The van der Waals surface area contributed by atoms with Crippen molar-refractivity contribution in [2.45, 2.75) is 18.6 Å². The van der Waals surface area contributed by atoms with Crippen LogP contribution in [0.15, 0.2) is 158 Å². The minimum atomic E-state index is -1.25. The van der Waals surface area contributed by atoms with Gasteiger partial charge in [0.05, 0.1) is 28.4 Å². The summed E-state index contributed by atoms with van der Waals surface area (Å²) in [5.41, 5.74) is 3.53. The molecule has 0 atom stereocenters. The Kier molecular flexibility index (Phi) is 17.3. The highest BCUT2D eigenvalue weighted by atomic mass is 16.5. The maximum absolute atomic E-state index is 11.7. The zero-order valence-electron chi connectivity index (χ0n) is 31.4. The van der Waals surface area contributed by atoms with Gasteiger partial charge in [-0.05, 0) is 81.9 Å². The fourth-order valence-electron chi connectivity index (χ4n) is 6.02. The molecule has 53 heavy (non-hydrogen) atoms. The smallest absolute Gasteiger partial charge is 0.497 e. The number of hydrogen-bond donors (Lipinski definition) is 2. The molecule has 0 spiro atoms. The molecule has 0 fully saturated rings. The molecular weight excluding hydrogens is 668 g/mol. The van der Waals surface area contributed by atoms with Crippen LogP contribution in [-0.2, 0) is 15.9 Å². The predicted molar refractivity (Wildman–Crippen MR) is 213 cm³/mol. The molecule has 0 bridgehead atoms. The van der Waals surface area contributed by atoms with Gasteiger partial charge in [0.15, 0.2) is 0 Å². The first-order valence-electron chi connectivity index (χ1n) is 16.3. The van der Waals surface area contributed by atoms with Gasteiger partial charge in [0.1, 0.15) is 34.2 Å². The van der Waals surface area contributed by atoms with E-state index in [1.54, 1.807) is 35.5 Å². The summed E-state index contributed by atoms with van der Waals surface area (Å²) < 4.78 is 27.2. The summed E-state index contributed by atoms with van der Waals surface area (Å²) in [7, 11) is 9.32. The number of methoxy groups -OCH3 is 5. The first kappa shape index (κ1) is 43.5. The molecule has 280 valence electrons. The van der Waals surface area contributed by atoms with E-state index in [9.17, 15) is 5.11 Å². The molecule has 0 saturated carbocycles. The molecule has 0 amide bonds. The quantitative estimate of drug-likeness (QED) is 0.130. The Balaban J connectivity index is 0.000000491. The van der Waals surface area contributed by atoms with E-state index < -0.39 is 11.2 Å². The summed E-state index contributed by atoms with van der Waals surface area (Å²) in [5, 5.41) is 18.7. The van der Waals surface area contributed by atoms with Crippen molar-refractivity contribution in [3.63, 3.8) is 0 Å². The zero-order valence-corrected chi connectivity index (χ0v) is 30.4. The highest BCUT2D eigenvalue weighted by Gasteiger charge is 2.37. The Bertz CT molecular complexity index is 1770. The molecule has 6 aromatic rings. The predicted octanol–water partition coefficient (Wildman–Crippen LogP) is 8.16. The third-order valence-corrected chi connectivity index (χ3v) is 8.69. The van der Waals surface area contributed by atoms with Gasteiger partial charge in [-0.25, -0.2) is 0 Å². The lowest BCUT2D eigenvalue weighted by molar-refractivity contribution is 0.0584. The Morgan fingerprint density at radius 3 is 0.868 bits per heavy atom. The number of rotatable bonds is 11. The zero-order chi connectivity index (χ0) is 36.7. The summed E-state index contributed by atoms with van der Waals surface area (Å²) in [4.78, 5) is 0. The fraction of sp³-hybridized carbons (Fsp3) is 0.200. The number of benzene rings is 6. The summed E-state index contributed by atoms with van der Waals surface area (Å²) in [6, 6.07) is 50.8. The summed E-state index contributed by atoms with van der Waals surface area (Å²) in [6.07, 6.45) is 0. The van der Waals surface area contributed by atoms with E-state index >= 15 is 0 Å². The largest absolute Gasteiger partial charge is 1.00 e. The number of hydrogen-bond acceptors (Lipinski definition) is 7. The number of aliphatic hydroxyl groups is 2. The summed E-state index contributed by atoms with van der Waals surface area (Å²) in [5.74, 6) is 3.14. The molecule has 0 aliphatic heterocycles. The lowest BCUT2D eigenvalue weighted by Crippen LogP contribution is -2.31. The van der Waals surface area contributed by atoms with Gasteiger partial charge >= 0.3 is 1.43 Å². The topological polar surface area (TPSA) is 118 Å². The average molecular weight is 722 g/mol. The van der Waals surface area contributed by atoms with E-state index in [0.29, 0.717) is 0 Å². The highest BCUT2D eigenvalue weighted by Crippen LogP contribution is 2.41. The summed E-state index contributed by atoms with van der Waals surface area (Å²) >= 11 is 0. The maximum atomic E-state index is 11.7. The number of ether oxygens (including phenoxy) is 5. The fourth-order valence-corrected chi connectivity index (χ4v) is 6.02. The van der Waals surface area contributed by atoms with Crippen LogP contribution in [0.25, 0.3) is 0 Å². The van der Waals surface area contributed by atoms with Crippen molar-refractivity contribution in [3.05, 3.63) is 191 Å². The second kappa shape index (κ2) is 21.0. The van der Waals surface area contributed by atoms with Gasteiger partial charge in [-0.3, -0.25) is 0 Å². The standard InChI is InChI=1S/C22H22O3.C21H20O3.CH4O.CH4.H2O/c1-23-20-13-9-18(10-14-20)22(25-3,17-7-5-4-6-8-17)19-11-15-21(24-2)16-12-19;1-23-19-12-8-17(9-13-19)21(22,16-6-4-3-5-7-16)18-10-14-20(24-2)15-11-18;1-2;;/h4-16H,1-3H3;3-15,22H,1-2H3;2H,1H3;1H4;1H2/p+1. The molecule has 0 radical (unpaired) electrons. The van der Waals surface area contributed by atoms with Gasteiger partial charge in [0.25, 0.3) is 0 Å². The minimum absolute atomic E-state index is 0. The lowest BCUT2D eigenvalue weighted by Gasteiger charge is -2.34. The van der Waals surface area contributed by atoms with Crippen LogP contribution in [-0.4, -0.2) is 58.3 Å². The van der Waals surface area contributed by atoms with E-state index in [4.69, 9.17) is 28.8 Å². The second-order valence-electron chi connectivity index (χ2n) is 11.2.